The Morgan fingerprint density at radius 1 is 1.30 bits per heavy atom. The number of nitrogens with one attached hydrogen (secondary N) is 1. The Balaban J connectivity index is 2.17. The average molecular weight is 283 g/mol. The van der Waals surface area contributed by atoms with Crippen LogP contribution in [0.5, 0.6) is 0 Å². The first-order valence-electron chi connectivity index (χ1n) is 7.45. The Labute approximate surface area is 119 Å². The summed E-state index contributed by atoms with van der Waals surface area (Å²) >= 11 is 0. The lowest BCUT2D eigenvalue weighted by atomic mass is 9.87. The predicted molar refractivity (Wildman–Crippen MR) is 75.7 cm³/mol. The topological polar surface area (TPSA) is 21.3 Å². The fourth-order valence-electron chi connectivity index (χ4n) is 3.13. The number of likely N-dealkylation sites (N-methyl/N-ethyl adjacent to an activating group) is 1. The van der Waals surface area contributed by atoms with Crippen molar-refractivity contribution in [3.05, 3.63) is 35.4 Å². The third-order valence-corrected chi connectivity index (χ3v) is 4.13. The minimum absolute atomic E-state index is 0.0545. The van der Waals surface area contributed by atoms with E-state index in [4.69, 9.17) is 4.74 Å². The SMILES string of the molecule is CCNC(Cc1c(F)cccc1F)C1CCOC1CC. The van der Waals surface area contributed by atoms with Crippen LogP contribution in [0.2, 0.25) is 0 Å². The van der Waals surface area contributed by atoms with Crippen LogP contribution in [0.25, 0.3) is 0 Å². The standard InChI is InChI=1S/C16H23F2NO/c1-3-16-11(8-9-20-16)15(19-4-2)10-12-13(17)6-5-7-14(12)18/h5-7,11,15-16,19H,3-4,8-10H2,1-2H3. The van der Waals surface area contributed by atoms with Crippen molar-refractivity contribution in [1.29, 1.82) is 0 Å². The van der Waals surface area contributed by atoms with Crippen LogP contribution < -0.4 is 5.32 Å². The number of halogens is 2. The van der Waals surface area contributed by atoms with E-state index in [2.05, 4.69) is 12.2 Å². The van der Waals surface area contributed by atoms with E-state index in [1.807, 2.05) is 6.92 Å². The Hall–Kier alpha value is -1.00. The van der Waals surface area contributed by atoms with Gasteiger partial charge < -0.3 is 10.1 Å². The van der Waals surface area contributed by atoms with Gasteiger partial charge in [0, 0.05) is 24.1 Å². The molecule has 0 bridgehead atoms. The molecule has 1 saturated heterocycles. The minimum atomic E-state index is -0.458. The van der Waals surface area contributed by atoms with Gasteiger partial charge in [0.2, 0.25) is 0 Å². The quantitative estimate of drug-likeness (QED) is 0.865. The van der Waals surface area contributed by atoms with Gasteiger partial charge in [-0.2, -0.15) is 0 Å². The number of benzene rings is 1. The maximum atomic E-state index is 13.8. The Morgan fingerprint density at radius 2 is 2.00 bits per heavy atom. The van der Waals surface area contributed by atoms with Gasteiger partial charge in [-0.1, -0.05) is 19.9 Å². The van der Waals surface area contributed by atoms with Gasteiger partial charge in [-0.05, 0) is 37.9 Å². The lowest BCUT2D eigenvalue weighted by Gasteiger charge is -2.28. The van der Waals surface area contributed by atoms with Crippen molar-refractivity contribution in [3.8, 4) is 0 Å². The van der Waals surface area contributed by atoms with Crippen molar-refractivity contribution >= 4 is 0 Å². The van der Waals surface area contributed by atoms with Gasteiger partial charge in [-0.15, -0.1) is 0 Å². The third kappa shape index (κ3) is 3.36. The third-order valence-electron chi connectivity index (χ3n) is 4.13. The maximum absolute atomic E-state index is 13.8. The van der Waals surface area contributed by atoms with Crippen LogP contribution in [0.4, 0.5) is 8.78 Å². The summed E-state index contributed by atoms with van der Waals surface area (Å²) in [6.45, 7) is 5.63. The van der Waals surface area contributed by atoms with E-state index in [-0.39, 0.29) is 17.7 Å². The van der Waals surface area contributed by atoms with Gasteiger partial charge in [0.1, 0.15) is 11.6 Å². The Bertz CT molecular complexity index is 418. The molecule has 20 heavy (non-hydrogen) atoms. The molecule has 2 rings (SSSR count). The molecule has 0 aliphatic carbocycles. The molecular weight excluding hydrogens is 260 g/mol. The van der Waals surface area contributed by atoms with Gasteiger partial charge in [0.15, 0.2) is 0 Å². The fraction of sp³-hybridized carbons (Fsp3) is 0.625. The van der Waals surface area contributed by atoms with E-state index in [1.165, 1.54) is 18.2 Å². The van der Waals surface area contributed by atoms with Crippen molar-refractivity contribution < 1.29 is 13.5 Å². The normalized spacial score (nSPS) is 24.0. The maximum Gasteiger partial charge on any atom is 0.129 e. The first kappa shape index (κ1) is 15.4. The summed E-state index contributed by atoms with van der Waals surface area (Å²) in [5.41, 5.74) is 0.181. The Kier molecular flexibility index (Phi) is 5.49. The summed E-state index contributed by atoms with van der Waals surface area (Å²) in [7, 11) is 0. The monoisotopic (exact) mass is 283 g/mol. The van der Waals surface area contributed by atoms with Gasteiger partial charge in [-0.25, -0.2) is 8.78 Å². The highest BCUT2D eigenvalue weighted by Gasteiger charge is 2.34. The van der Waals surface area contributed by atoms with Crippen LogP contribution in [0.15, 0.2) is 18.2 Å². The summed E-state index contributed by atoms with van der Waals surface area (Å²) < 4.78 is 33.3. The molecule has 0 aromatic heterocycles. The van der Waals surface area contributed by atoms with Gasteiger partial charge in [0.05, 0.1) is 6.10 Å². The van der Waals surface area contributed by atoms with E-state index in [0.717, 1.165) is 26.0 Å². The number of rotatable bonds is 6. The molecule has 1 N–H and O–H groups in total. The summed E-state index contributed by atoms with van der Waals surface area (Å²) in [5.74, 6) is -0.598. The van der Waals surface area contributed by atoms with Gasteiger partial charge in [-0.3, -0.25) is 0 Å². The minimum Gasteiger partial charge on any atom is -0.378 e. The van der Waals surface area contributed by atoms with Crippen LogP contribution >= 0.6 is 0 Å². The van der Waals surface area contributed by atoms with Crippen LogP contribution in [0, 0.1) is 17.6 Å². The predicted octanol–water partition coefficient (Wildman–Crippen LogP) is 3.30. The first-order chi connectivity index (χ1) is 9.67. The van der Waals surface area contributed by atoms with Crippen molar-refractivity contribution in [2.24, 2.45) is 5.92 Å². The van der Waals surface area contributed by atoms with E-state index < -0.39 is 11.6 Å². The van der Waals surface area contributed by atoms with Crippen LogP contribution in [-0.2, 0) is 11.2 Å². The molecule has 0 saturated carbocycles. The molecule has 1 aromatic carbocycles. The average Bonchev–Trinajstić information content (AvgIpc) is 2.90. The molecule has 1 aromatic rings. The second-order valence-corrected chi connectivity index (χ2v) is 5.34. The summed E-state index contributed by atoms with van der Waals surface area (Å²) in [5, 5.41) is 3.38. The summed E-state index contributed by atoms with van der Waals surface area (Å²) in [4.78, 5) is 0. The highest BCUT2D eigenvalue weighted by molar-refractivity contribution is 5.21. The zero-order chi connectivity index (χ0) is 14.5. The van der Waals surface area contributed by atoms with Crippen molar-refractivity contribution in [2.75, 3.05) is 13.2 Å². The molecule has 2 nitrogen and oxygen atoms in total. The molecule has 0 spiro atoms. The summed E-state index contributed by atoms with van der Waals surface area (Å²) in [6, 6.07) is 4.11. The lowest BCUT2D eigenvalue weighted by molar-refractivity contribution is 0.0774. The second kappa shape index (κ2) is 7.14. The van der Waals surface area contributed by atoms with E-state index in [9.17, 15) is 8.78 Å². The largest absolute Gasteiger partial charge is 0.378 e. The molecule has 1 aliphatic rings. The molecule has 4 heteroatoms. The molecular formula is C16H23F2NO. The van der Waals surface area contributed by atoms with E-state index in [0.29, 0.717) is 12.3 Å². The van der Waals surface area contributed by atoms with Gasteiger partial charge in [0.25, 0.3) is 0 Å². The van der Waals surface area contributed by atoms with Crippen LogP contribution in [0.3, 0.4) is 0 Å². The highest BCUT2D eigenvalue weighted by atomic mass is 19.1. The van der Waals surface area contributed by atoms with Gasteiger partial charge >= 0.3 is 0 Å². The molecule has 1 fully saturated rings. The van der Waals surface area contributed by atoms with Crippen LogP contribution in [0.1, 0.15) is 32.3 Å². The first-order valence-corrected chi connectivity index (χ1v) is 7.45. The number of hydrogen-bond donors (Lipinski definition) is 1. The van der Waals surface area contributed by atoms with Crippen molar-refractivity contribution in [1.82, 2.24) is 5.32 Å². The Morgan fingerprint density at radius 3 is 2.60 bits per heavy atom. The molecule has 1 heterocycles. The van der Waals surface area contributed by atoms with E-state index in [1.54, 1.807) is 0 Å². The highest BCUT2D eigenvalue weighted by Crippen LogP contribution is 2.29. The van der Waals surface area contributed by atoms with Crippen LogP contribution in [-0.4, -0.2) is 25.3 Å². The fourth-order valence-corrected chi connectivity index (χ4v) is 3.13. The molecule has 112 valence electrons. The molecule has 1 aliphatic heterocycles. The smallest absolute Gasteiger partial charge is 0.129 e. The zero-order valence-electron chi connectivity index (χ0n) is 12.2. The van der Waals surface area contributed by atoms with Crippen molar-refractivity contribution in [2.45, 2.75) is 45.3 Å². The zero-order valence-corrected chi connectivity index (χ0v) is 12.2. The second-order valence-electron chi connectivity index (χ2n) is 5.34. The number of hydrogen-bond acceptors (Lipinski definition) is 2. The van der Waals surface area contributed by atoms with Crippen molar-refractivity contribution in [3.63, 3.8) is 0 Å². The molecule has 3 atom stereocenters. The van der Waals surface area contributed by atoms with E-state index >= 15 is 0 Å². The lowest BCUT2D eigenvalue weighted by Crippen LogP contribution is -2.41. The summed E-state index contributed by atoms with van der Waals surface area (Å²) in [6.07, 6.45) is 2.45. The molecule has 3 unspecified atom stereocenters. The molecule has 0 amide bonds. The number of ether oxygens (including phenoxy) is 1. The molecule has 0 radical (unpaired) electrons.